The Balaban J connectivity index is 1.74. The molecule has 3 nitrogen and oxygen atoms in total. The monoisotopic (exact) mass is 258 g/mol. The highest BCUT2D eigenvalue weighted by atomic mass is 16.2. The molecule has 1 amide bonds. The summed E-state index contributed by atoms with van der Waals surface area (Å²) >= 11 is 0. The van der Waals surface area contributed by atoms with Crippen LogP contribution in [-0.2, 0) is 4.79 Å². The van der Waals surface area contributed by atoms with Crippen molar-refractivity contribution in [3.63, 3.8) is 0 Å². The molecule has 1 heterocycles. The van der Waals surface area contributed by atoms with Gasteiger partial charge in [-0.3, -0.25) is 4.79 Å². The van der Waals surface area contributed by atoms with Gasteiger partial charge in [0.1, 0.15) is 0 Å². The van der Waals surface area contributed by atoms with Gasteiger partial charge in [-0.05, 0) is 43.4 Å². The Labute approximate surface area is 115 Å². The Morgan fingerprint density at radius 2 is 2.16 bits per heavy atom. The lowest BCUT2D eigenvalue weighted by Crippen LogP contribution is -2.24. The summed E-state index contributed by atoms with van der Waals surface area (Å²) in [6.45, 7) is 3.18. The summed E-state index contributed by atoms with van der Waals surface area (Å²) in [4.78, 5) is 13.7. The normalized spacial score (nSPS) is 27.0. The van der Waals surface area contributed by atoms with Crippen molar-refractivity contribution in [3.05, 3.63) is 24.3 Å². The van der Waals surface area contributed by atoms with Gasteiger partial charge in [0.05, 0.1) is 0 Å². The fourth-order valence-electron chi connectivity index (χ4n) is 3.26. The van der Waals surface area contributed by atoms with Gasteiger partial charge in [0, 0.05) is 30.4 Å². The van der Waals surface area contributed by atoms with Gasteiger partial charge in [0.2, 0.25) is 5.91 Å². The number of carbonyl (C=O) groups excluding carboxylic acids is 1. The molecule has 3 heteroatoms. The zero-order chi connectivity index (χ0) is 13.2. The van der Waals surface area contributed by atoms with E-state index in [1.165, 1.54) is 19.3 Å². The number of anilines is 2. The second-order valence-electron chi connectivity index (χ2n) is 5.86. The van der Waals surface area contributed by atoms with Gasteiger partial charge in [0.15, 0.2) is 0 Å². The van der Waals surface area contributed by atoms with Crippen LogP contribution in [0.2, 0.25) is 0 Å². The average Bonchev–Trinajstić information content (AvgIpc) is 3.00. The van der Waals surface area contributed by atoms with Crippen LogP contribution in [-0.4, -0.2) is 18.5 Å². The second kappa shape index (κ2) is 5.24. The van der Waals surface area contributed by atoms with E-state index >= 15 is 0 Å². The molecule has 2 fully saturated rings. The summed E-state index contributed by atoms with van der Waals surface area (Å²) in [5.74, 6) is 1.00. The van der Waals surface area contributed by atoms with Crippen LogP contribution in [0.3, 0.4) is 0 Å². The van der Waals surface area contributed by atoms with Crippen LogP contribution in [0, 0.1) is 5.92 Å². The van der Waals surface area contributed by atoms with E-state index in [-0.39, 0.29) is 5.91 Å². The maximum absolute atomic E-state index is 11.8. The van der Waals surface area contributed by atoms with Gasteiger partial charge < -0.3 is 10.2 Å². The van der Waals surface area contributed by atoms with E-state index in [1.807, 2.05) is 17.0 Å². The Kier molecular flexibility index (Phi) is 3.45. The number of hydrogen-bond donors (Lipinski definition) is 1. The van der Waals surface area contributed by atoms with Crippen LogP contribution in [0.4, 0.5) is 11.4 Å². The van der Waals surface area contributed by atoms with Gasteiger partial charge in [-0.1, -0.05) is 19.4 Å². The second-order valence-corrected chi connectivity index (χ2v) is 5.86. The van der Waals surface area contributed by atoms with Gasteiger partial charge >= 0.3 is 0 Å². The molecule has 0 aromatic heterocycles. The minimum Gasteiger partial charge on any atom is -0.382 e. The summed E-state index contributed by atoms with van der Waals surface area (Å²) in [6.07, 6.45) is 5.58. The third-order valence-electron chi connectivity index (χ3n) is 4.44. The van der Waals surface area contributed by atoms with Crippen LogP contribution in [0.25, 0.3) is 0 Å². The zero-order valence-corrected chi connectivity index (χ0v) is 11.6. The molecule has 1 aliphatic carbocycles. The van der Waals surface area contributed by atoms with Crippen molar-refractivity contribution < 1.29 is 4.79 Å². The van der Waals surface area contributed by atoms with Crippen molar-refractivity contribution in [1.29, 1.82) is 0 Å². The molecule has 1 aliphatic heterocycles. The first kappa shape index (κ1) is 12.5. The molecule has 1 aromatic carbocycles. The van der Waals surface area contributed by atoms with Crippen molar-refractivity contribution in [2.75, 3.05) is 16.8 Å². The molecular weight excluding hydrogens is 236 g/mol. The molecule has 1 saturated heterocycles. The molecule has 0 bridgehead atoms. The molecule has 0 radical (unpaired) electrons. The van der Waals surface area contributed by atoms with E-state index in [1.54, 1.807) is 0 Å². The highest BCUT2D eigenvalue weighted by Crippen LogP contribution is 2.30. The number of benzene rings is 1. The van der Waals surface area contributed by atoms with Crippen molar-refractivity contribution in [2.45, 2.75) is 45.1 Å². The molecule has 2 unspecified atom stereocenters. The molecule has 0 spiro atoms. The highest BCUT2D eigenvalue weighted by Gasteiger charge is 2.24. The third-order valence-corrected chi connectivity index (χ3v) is 4.44. The topological polar surface area (TPSA) is 32.3 Å². The molecule has 3 rings (SSSR count). The van der Waals surface area contributed by atoms with E-state index in [9.17, 15) is 4.79 Å². The highest BCUT2D eigenvalue weighted by molar-refractivity contribution is 5.95. The fraction of sp³-hybridized carbons (Fsp3) is 0.562. The van der Waals surface area contributed by atoms with Crippen LogP contribution >= 0.6 is 0 Å². The van der Waals surface area contributed by atoms with Crippen molar-refractivity contribution in [3.8, 4) is 0 Å². The summed E-state index contributed by atoms with van der Waals surface area (Å²) in [5.41, 5.74) is 2.19. The Morgan fingerprint density at radius 1 is 1.26 bits per heavy atom. The minimum atomic E-state index is 0.256. The molecule has 102 valence electrons. The summed E-state index contributed by atoms with van der Waals surface area (Å²) in [5, 5.41) is 3.63. The van der Waals surface area contributed by atoms with Crippen LogP contribution < -0.4 is 10.2 Å². The lowest BCUT2D eigenvalue weighted by Gasteiger charge is -2.21. The van der Waals surface area contributed by atoms with E-state index < -0.39 is 0 Å². The molecule has 1 saturated carbocycles. The Morgan fingerprint density at radius 3 is 2.84 bits per heavy atom. The lowest BCUT2D eigenvalue weighted by atomic mass is 10.1. The number of rotatable bonds is 3. The van der Waals surface area contributed by atoms with Crippen molar-refractivity contribution in [1.82, 2.24) is 0 Å². The molecule has 19 heavy (non-hydrogen) atoms. The van der Waals surface area contributed by atoms with E-state index in [2.05, 4.69) is 24.4 Å². The predicted molar refractivity (Wildman–Crippen MR) is 78.5 cm³/mol. The average molecular weight is 258 g/mol. The molecular formula is C16H22N2O. The van der Waals surface area contributed by atoms with E-state index in [0.29, 0.717) is 12.5 Å². The van der Waals surface area contributed by atoms with Gasteiger partial charge in [-0.2, -0.15) is 0 Å². The summed E-state index contributed by atoms with van der Waals surface area (Å²) in [7, 11) is 0. The van der Waals surface area contributed by atoms with Crippen molar-refractivity contribution >= 4 is 17.3 Å². The molecule has 2 atom stereocenters. The first-order valence-corrected chi connectivity index (χ1v) is 7.41. The molecule has 2 aliphatic rings. The van der Waals surface area contributed by atoms with E-state index in [4.69, 9.17) is 0 Å². The first-order chi connectivity index (χ1) is 9.24. The largest absolute Gasteiger partial charge is 0.382 e. The number of nitrogens with zero attached hydrogens (tertiary/aromatic N) is 1. The van der Waals surface area contributed by atoms with Gasteiger partial charge in [0.25, 0.3) is 0 Å². The number of carbonyl (C=O) groups is 1. The predicted octanol–water partition coefficient (Wildman–Crippen LogP) is 3.41. The quantitative estimate of drug-likeness (QED) is 0.901. The number of amides is 1. The van der Waals surface area contributed by atoms with E-state index in [0.717, 1.165) is 30.3 Å². The zero-order valence-electron chi connectivity index (χ0n) is 11.6. The van der Waals surface area contributed by atoms with Crippen LogP contribution in [0.5, 0.6) is 0 Å². The Hall–Kier alpha value is -1.51. The van der Waals surface area contributed by atoms with Crippen LogP contribution in [0.1, 0.15) is 39.0 Å². The first-order valence-electron chi connectivity index (χ1n) is 7.41. The number of hydrogen-bond acceptors (Lipinski definition) is 2. The molecule has 1 N–H and O–H groups in total. The lowest BCUT2D eigenvalue weighted by molar-refractivity contribution is -0.117. The smallest absolute Gasteiger partial charge is 0.227 e. The van der Waals surface area contributed by atoms with Crippen LogP contribution in [0.15, 0.2) is 24.3 Å². The fourth-order valence-corrected chi connectivity index (χ4v) is 3.26. The maximum atomic E-state index is 11.8. The summed E-state index contributed by atoms with van der Waals surface area (Å²) < 4.78 is 0. The van der Waals surface area contributed by atoms with Crippen molar-refractivity contribution in [2.24, 2.45) is 5.92 Å². The van der Waals surface area contributed by atoms with Gasteiger partial charge in [-0.15, -0.1) is 0 Å². The SMILES string of the molecule is CC1CCCC1Nc1cccc(N2CCCC2=O)c1. The Bertz CT molecular complexity index is 472. The van der Waals surface area contributed by atoms with Gasteiger partial charge in [-0.25, -0.2) is 0 Å². The maximum Gasteiger partial charge on any atom is 0.227 e. The standard InChI is InChI=1S/C16H22N2O/c1-12-5-2-8-15(12)17-13-6-3-7-14(11-13)18-10-4-9-16(18)19/h3,6-7,11-12,15,17H,2,4-5,8-10H2,1H3. The third kappa shape index (κ3) is 2.60. The molecule has 1 aromatic rings. The summed E-state index contributed by atoms with van der Waals surface area (Å²) in [6, 6.07) is 8.89. The number of nitrogens with one attached hydrogen (secondary N) is 1. The minimum absolute atomic E-state index is 0.256.